The number of fused-ring (bicyclic) bond motifs is 1. The number of nitrogens with one attached hydrogen (secondary N) is 1. The lowest BCUT2D eigenvalue weighted by Gasteiger charge is -2.43. The Morgan fingerprint density at radius 3 is 2.58 bits per heavy atom. The van der Waals surface area contributed by atoms with Gasteiger partial charge in [-0.2, -0.15) is 0 Å². The first-order valence-corrected chi connectivity index (χ1v) is 9.29. The van der Waals surface area contributed by atoms with Gasteiger partial charge in [0.15, 0.2) is 0 Å². The Hall–Kier alpha value is -1.81. The quantitative estimate of drug-likeness (QED) is 0.928. The van der Waals surface area contributed by atoms with Crippen molar-refractivity contribution in [3.8, 4) is 0 Å². The number of benzene rings is 1. The molecule has 0 radical (unpaired) electrons. The summed E-state index contributed by atoms with van der Waals surface area (Å²) >= 11 is 0. The molecule has 2 fully saturated rings. The smallest absolute Gasteiger partial charge is 0.240 e. The molecule has 1 amide bonds. The molecule has 0 spiro atoms. The van der Waals surface area contributed by atoms with Gasteiger partial charge in [-0.05, 0) is 50.9 Å². The van der Waals surface area contributed by atoms with Crippen molar-refractivity contribution in [3.05, 3.63) is 36.1 Å². The van der Waals surface area contributed by atoms with Gasteiger partial charge in [-0.1, -0.05) is 37.5 Å². The Morgan fingerprint density at radius 2 is 1.83 bits per heavy atom. The van der Waals surface area contributed by atoms with Crippen LogP contribution in [-0.2, 0) is 11.3 Å². The number of nitrogens with zero attached hydrogens (tertiary/aromatic N) is 1. The molecular formula is C20H26N2O2. The molecule has 2 aliphatic rings. The van der Waals surface area contributed by atoms with Gasteiger partial charge in [0.25, 0.3) is 0 Å². The molecule has 4 rings (SSSR count). The van der Waals surface area contributed by atoms with Gasteiger partial charge in [0.2, 0.25) is 5.91 Å². The van der Waals surface area contributed by atoms with Crippen molar-refractivity contribution >= 4 is 16.9 Å². The number of likely N-dealkylation sites (tertiary alicyclic amines) is 1. The van der Waals surface area contributed by atoms with Crippen LogP contribution in [0.3, 0.4) is 0 Å². The summed E-state index contributed by atoms with van der Waals surface area (Å²) in [7, 11) is 0. The van der Waals surface area contributed by atoms with E-state index in [0.29, 0.717) is 6.54 Å². The summed E-state index contributed by atoms with van der Waals surface area (Å²) in [4.78, 5) is 15.5. The second kappa shape index (κ2) is 6.60. The number of hydrogen-bond acceptors (Lipinski definition) is 3. The summed E-state index contributed by atoms with van der Waals surface area (Å²) in [5, 5.41) is 4.26. The number of carbonyl (C=O) groups is 1. The van der Waals surface area contributed by atoms with Crippen LogP contribution in [0.2, 0.25) is 0 Å². The van der Waals surface area contributed by atoms with Gasteiger partial charge < -0.3 is 9.73 Å². The fraction of sp³-hybridized carbons (Fsp3) is 0.550. The highest BCUT2D eigenvalue weighted by atomic mass is 16.3. The largest absolute Gasteiger partial charge is 0.459 e. The summed E-state index contributed by atoms with van der Waals surface area (Å²) in [6.45, 7) is 2.61. The minimum atomic E-state index is -0.277. The van der Waals surface area contributed by atoms with E-state index in [-0.39, 0.29) is 11.4 Å². The molecule has 0 atom stereocenters. The van der Waals surface area contributed by atoms with E-state index in [9.17, 15) is 4.79 Å². The summed E-state index contributed by atoms with van der Waals surface area (Å²) in [5.74, 6) is 1.03. The van der Waals surface area contributed by atoms with E-state index >= 15 is 0 Å². The fourth-order valence-corrected chi connectivity index (χ4v) is 4.42. The van der Waals surface area contributed by atoms with Crippen molar-refractivity contribution in [3.63, 3.8) is 0 Å². The van der Waals surface area contributed by atoms with Crippen molar-refractivity contribution in [2.75, 3.05) is 13.1 Å². The highest BCUT2D eigenvalue weighted by molar-refractivity contribution is 5.86. The molecule has 1 aromatic heterocycles. The van der Waals surface area contributed by atoms with Crippen LogP contribution in [0.1, 0.15) is 50.7 Å². The summed E-state index contributed by atoms with van der Waals surface area (Å²) in [5.41, 5.74) is 0.606. The predicted molar refractivity (Wildman–Crippen MR) is 94.7 cm³/mol. The van der Waals surface area contributed by atoms with Gasteiger partial charge in [-0.25, -0.2) is 0 Å². The zero-order chi connectivity index (χ0) is 16.4. The molecule has 4 heteroatoms. The van der Waals surface area contributed by atoms with Crippen LogP contribution in [-0.4, -0.2) is 29.4 Å². The van der Waals surface area contributed by atoms with E-state index in [0.717, 1.165) is 55.5 Å². The van der Waals surface area contributed by atoms with Crippen molar-refractivity contribution in [1.82, 2.24) is 10.2 Å². The lowest BCUT2D eigenvalue weighted by Crippen LogP contribution is -2.58. The van der Waals surface area contributed by atoms with Gasteiger partial charge in [0, 0.05) is 5.39 Å². The highest BCUT2D eigenvalue weighted by Gasteiger charge is 2.45. The monoisotopic (exact) mass is 326 g/mol. The Labute approximate surface area is 143 Å². The van der Waals surface area contributed by atoms with Gasteiger partial charge >= 0.3 is 0 Å². The van der Waals surface area contributed by atoms with Crippen LogP contribution >= 0.6 is 0 Å². The topological polar surface area (TPSA) is 45.5 Å². The zero-order valence-corrected chi connectivity index (χ0v) is 14.2. The Kier molecular flexibility index (Phi) is 4.31. The molecule has 1 saturated heterocycles. The average Bonchev–Trinajstić information content (AvgIpc) is 3.29. The maximum absolute atomic E-state index is 13.1. The normalized spacial score (nSPS) is 21.2. The number of amides is 1. The van der Waals surface area contributed by atoms with Crippen LogP contribution in [0, 0.1) is 0 Å². The van der Waals surface area contributed by atoms with Crippen LogP contribution in [0.5, 0.6) is 0 Å². The summed E-state index contributed by atoms with van der Waals surface area (Å²) in [6, 6.07) is 10.0. The van der Waals surface area contributed by atoms with Crippen molar-refractivity contribution in [2.24, 2.45) is 0 Å². The Morgan fingerprint density at radius 1 is 1.08 bits per heavy atom. The number of rotatable bonds is 4. The highest BCUT2D eigenvalue weighted by Crippen LogP contribution is 2.36. The standard InChI is InChI=1S/C20H26N2O2/c23-19(20(10-4-1-5-11-20)22-12-6-7-13-22)21-15-17-14-16-8-2-3-9-18(16)24-17/h2-3,8-9,14H,1,4-7,10-13,15H2,(H,21,23). The molecule has 128 valence electrons. The molecule has 2 heterocycles. The van der Waals surface area contributed by atoms with Crippen molar-refractivity contribution < 1.29 is 9.21 Å². The first-order valence-electron chi connectivity index (χ1n) is 9.29. The number of furan rings is 1. The van der Waals surface area contributed by atoms with Crippen LogP contribution in [0.15, 0.2) is 34.7 Å². The zero-order valence-electron chi connectivity index (χ0n) is 14.2. The molecule has 1 N–H and O–H groups in total. The third-order valence-electron chi connectivity index (χ3n) is 5.71. The van der Waals surface area contributed by atoms with E-state index in [1.165, 1.54) is 19.3 Å². The first-order chi connectivity index (χ1) is 11.8. The molecule has 4 nitrogen and oxygen atoms in total. The predicted octanol–water partition coefficient (Wildman–Crippen LogP) is 3.85. The van der Waals surface area contributed by atoms with E-state index in [1.54, 1.807) is 0 Å². The third kappa shape index (κ3) is 2.84. The van der Waals surface area contributed by atoms with E-state index in [1.807, 2.05) is 30.3 Å². The molecular weight excluding hydrogens is 300 g/mol. The van der Waals surface area contributed by atoms with E-state index in [4.69, 9.17) is 4.42 Å². The van der Waals surface area contributed by atoms with Crippen LogP contribution in [0.4, 0.5) is 0 Å². The lowest BCUT2D eigenvalue weighted by atomic mass is 9.79. The maximum Gasteiger partial charge on any atom is 0.240 e. The minimum Gasteiger partial charge on any atom is -0.459 e. The Bertz CT molecular complexity index is 676. The first kappa shape index (κ1) is 15.7. The molecule has 2 aromatic rings. The summed E-state index contributed by atoms with van der Waals surface area (Å²) in [6.07, 6.45) is 8.02. The molecule has 1 aliphatic heterocycles. The van der Waals surface area contributed by atoms with Crippen molar-refractivity contribution in [1.29, 1.82) is 0 Å². The number of carbonyl (C=O) groups excluding carboxylic acids is 1. The van der Waals surface area contributed by atoms with Gasteiger partial charge in [0.1, 0.15) is 16.9 Å². The molecule has 0 bridgehead atoms. The molecule has 1 aliphatic carbocycles. The molecule has 1 aromatic carbocycles. The molecule has 1 saturated carbocycles. The van der Waals surface area contributed by atoms with Crippen LogP contribution < -0.4 is 5.32 Å². The number of hydrogen-bond donors (Lipinski definition) is 1. The SMILES string of the molecule is O=C(NCc1cc2ccccc2o1)C1(N2CCCC2)CCCCC1. The number of para-hydroxylation sites is 1. The Balaban J connectivity index is 1.48. The van der Waals surface area contributed by atoms with E-state index < -0.39 is 0 Å². The summed E-state index contributed by atoms with van der Waals surface area (Å²) < 4.78 is 5.84. The van der Waals surface area contributed by atoms with E-state index in [2.05, 4.69) is 10.2 Å². The van der Waals surface area contributed by atoms with Crippen molar-refractivity contribution in [2.45, 2.75) is 57.0 Å². The second-order valence-electron chi connectivity index (χ2n) is 7.22. The fourth-order valence-electron chi connectivity index (χ4n) is 4.42. The second-order valence-corrected chi connectivity index (χ2v) is 7.22. The van der Waals surface area contributed by atoms with Gasteiger partial charge in [0.05, 0.1) is 6.54 Å². The van der Waals surface area contributed by atoms with Gasteiger partial charge in [-0.15, -0.1) is 0 Å². The lowest BCUT2D eigenvalue weighted by molar-refractivity contribution is -0.135. The minimum absolute atomic E-state index is 0.199. The average molecular weight is 326 g/mol. The third-order valence-corrected chi connectivity index (χ3v) is 5.71. The maximum atomic E-state index is 13.1. The molecule has 24 heavy (non-hydrogen) atoms. The molecule has 0 unspecified atom stereocenters. The van der Waals surface area contributed by atoms with Gasteiger partial charge in [-0.3, -0.25) is 9.69 Å². The van der Waals surface area contributed by atoms with Crippen LogP contribution in [0.25, 0.3) is 11.0 Å².